The van der Waals surface area contributed by atoms with Gasteiger partial charge < -0.3 is 10.2 Å². The van der Waals surface area contributed by atoms with E-state index in [0.717, 1.165) is 6.04 Å². The van der Waals surface area contributed by atoms with Crippen LogP contribution in [0.1, 0.15) is 36.8 Å². The van der Waals surface area contributed by atoms with Crippen molar-refractivity contribution < 1.29 is 0 Å². The van der Waals surface area contributed by atoms with E-state index < -0.39 is 0 Å². The zero-order valence-electron chi connectivity index (χ0n) is 12.2. The molecule has 0 unspecified atom stereocenters. The van der Waals surface area contributed by atoms with E-state index in [2.05, 4.69) is 56.4 Å². The second-order valence-corrected chi connectivity index (χ2v) is 5.69. The molecule has 0 radical (unpaired) electrons. The Bertz CT molecular complexity index is 392. The van der Waals surface area contributed by atoms with Crippen molar-refractivity contribution >= 4 is 5.69 Å². The van der Waals surface area contributed by atoms with Crippen LogP contribution >= 0.6 is 0 Å². The number of anilines is 1. The van der Waals surface area contributed by atoms with Gasteiger partial charge >= 0.3 is 0 Å². The lowest BCUT2D eigenvalue weighted by Gasteiger charge is -2.36. The van der Waals surface area contributed by atoms with Gasteiger partial charge in [-0.05, 0) is 58.2 Å². The molecule has 1 aromatic carbocycles. The third kappa shape index (κ3) is 2.86. The Morgan fingerprint density at radius 1 is 1.11 bits per heavy atom. The van der Waals surface area contributed by atoms with Crippen LogP contribution in [0.25, 0.3) is 0 Å². The molecule has 0 amide bonds. The smallest absolute Gasteiger partial charge is 0.0396 e. The van der Waals surface area contributed by atoms with Crippen LogP contribution in [0.3, 0.4) is 0 Å². The number of aryl methyl sites for hydroxylation is 2. The highest BCUT2D eigenvalue weighted by Crippen LogP contribution is 2.28. The van der Waals surface area contributed by atoms with E-state index in [0.29, 0.717) is 6.04 Å². The lowest BCUT2D eigenvalue weighted by Crippen LogP contribution is -2.40. The Balaban J connectivity index is 2.05. The highest BCUT2D eigenvalue weighted by molar-refractivity contribution is 5.54. The molecule has 1 N–H and O–H groups in total. The summed E-state index contributed by atoms with van der Waals surface area (Å²) < 4.78 is 0. The molecule has 1 aliphatic carbocycles. The van der Waals surface area contributed by atoms with E-state index in [1.54, 1.807) is 0 Å². The van der Waals surface area contributed by atoms with Gasteiger partial charge in [0.05, 0.1) is 0 Å². The molecule has 0 saturated heterocycles. The Kier molecular flexibility index (Phi) is 4.28. The van der Waals surface area contributed by atoms with Gasteiger partial charge in [-0.15, -0.1) is 0 Å². The Labute approximate surface area is 111 Å². The van der Waals surface area contributed by atoms with E-state index in [1.807, 2.05) is 0 Å². The van der Waals surface area contributed by atoms with Gasteiger partial charge in [0.15, 0.2) is 0 Å². The summed E-state index contributed by atoms with van der Waals surface area (Å²) in [6.45, 7) is 4.38. The molecular weight excluding hydrogens is 220 g/mol. The van der Waals surface area contributed by atoms with Crippen LogP contribution in [0, 0.1) is 13.8 Å². The zero-order valence-corrected chi connectivity index (χ0v) is 12.2. The molecule has 2 nitrogen and oxygen atoms in total. The molecule has 2 heteroatoms. The van der Waals surface area contributed by atoms with Gasteiger partial charge in [-0.3, -0.25) is 0 Å². The van der Waals surface area contributed by atoms with Crippen LogP contribution in [-0.2, 0) is 0 Å². The van der Waals surface area contributed by atoms with E-state index >= 15 is 0 Å². The Hall–Kier alpha value is -1.02. The van der Waals surface area contributed by atoms with Crippen molar-refractivity contribution in [2.24, 2.45) is 0 Å². The Morgan fingerprint density at radius 2 is 1.78 bits per heavy atom. The first-order valence-corrected chi connectivity index (χ1v) is 7.09. The molecule has 0 aromatic heterocycles. The maximum Gasteiger partial charge on any atom is 0.0396 e. The number of rotatable bonds is 3. The van der Waals surface area contributed by atoms with Crippen LogP contribution in [-0.4, -0.2) is 26.2 Å². The number of nitrogens with zero attached hydrogens (tertiary/aromatic N) is 1. The van der Waals surface area contributed by atoms with E-state index in [9.17, 15) is 0 Å². The number of nitrogens with one attached hydrogen (secondary N) is 1. The fourth-order valence-corrected chi connectivity index (χ4v) is 3.15. The molecule has 1 saturated carbocycles. The SMILES string of the molecule is CNC1CCC(N(C)c2ccc(C)cc2C)CC1. The van der Waals surface area contributed by atoms with Gasteiger partial charge in [0, 0.05) is 24.8 Å². The fourth-order valence-electron chi connectivity index (χ4n) is 3.15. The van der Waals surface area contributed by atoms with E-state index in [4.69, 9.17) is 0 Å². The molecule has 0 spiro atoms. The van der Waals surface area contributed by atoms with Crippen LogP contribution in [0.4, 0.5) is 5.69 Å². The van der Waals surface area contributed by atoms with Crippen molar-refractivity contribution in [2.75, 3.05) is 19.0 Å². The average Bonchev–Trinajstić information content (AvgIpc) is 2.38. The maximum atomic E-state index is 3.40. The molecule has 0 atom stereocenters. The summed E-state index contributed by atoms with van der Waals surface area (Å²) in [6, 6.07) is 8.21. The lowest BCUT2D eigenvalue weighted by molar-refractivity contribution is 0.351. The van der Waals surface area contributed by atoms with Gasteiger partial charge in [-0.2, -0.15) is 0 Å². The second kappa shape index (κ2) is 5.75. The molecule has 2 rings (SSSR count). The highest BCUT2D eigenvalue weighted by Gasteiger charge is 2.23. The van der Waals surface area contributed by atoms with Crippen molar-refractivity contribution in [3.8, 4) is 0 Å². The summed E-state index contributed by atoms with van der Waals surface area (Å²) in [4.78, 5) is 2.49. The molecule has 0 bridgehead atoms. The van der Waals surface area contributed by atoms with Crippen molar-refractivity contribution in [1.82, 2.24) is 5.32 Å². The molecule has 100 valence electrons. The van der Waals surface area contributed by atoms with Gasteiger partial charge in [-0.1, -0.05) is 17.7 Å². The lowest BCUT2D eigenvalue weighted by atomic mass is 9.90. The van der Waals surface area contributed by atoms with Crippen molar-refractivity contribution in [1.29, 1.82) is 0 Å². The number of hydrogen-bond acceptors (Lipinski definition) is 2. The summed E-state index contributed by atoms with van der Waals surface area (Å²) in [5.74, 6) is 0. The van der Waals surface area contributed by atoms with Gasteiger partial charge in [-0.25, -0.2) is 0 Å². The summed E-state index contributed by atoms with van der Waals surface area (Å²) >= 11 is 0. The third-order valence-electron chi connectivity index (χ3n) is 4.38. The third-order valence-corrected chi connectivity index (χ3v) is 4.38. The van der Waals surface area contributed by atoms with Crippen LogP contribution in [0.5, 0.6) is 0 Å². The summed E-state index contributed by atoms with van der Waals surface area (Å²) in [6.07, 6.45) is 5.21. The molecule has 18 heavy (non-hydrogen) atoms. The van der Waals surface area contributed by atoms with Crippen molar-refractivity contribution in [3.63, 3.8) is 0 Å². The highest BCUT2D eigenvalue weighted by atomic mass is 15.1. The first-order valence-electron chi connectivity index (χ1n) is 7.09. The average molecular weight is 246 g/mol. The minimum absolute atomic E-state index is 0.705. The second-order valence-electron chi connectivity index (χ2n) is 5.69. The largest absolute Gasteiger partial charge is 0.371 e. The topological polar surface area (TPSA) is 15.3 Å². The summed E-state index contributed by atoms with van der Waals surface area (Å²) in [5, 5.41) is 3.40. The van der Waals surface area contributed by atoms with Crippen LogP contribution in [0.15, 0.2) is 18.2 Å². The standard InChI is InChI=1S/C16H26N2/c1-12-5-10-16(13(2)11-12)18(4)15-8-6-14(17-3)7-9-15/h5,10-11,14-15,17H,6-9H2,1-4H3. The Morgan fingerprint density at radius 3 is 2.33 bits per heavy atom. The first kappa shape index (κ1) is 13.4. The normalized spacial score (nSPS) is 24.0. The molecular formula is C16H26N2. The summed E-state index contributed by atoms with van der Waals surface area (Å²) in [5.41, 5.74) is 4.14. The van der Waals surface area contributed by atoms with Crippen LogP contribution < -0.4 is 10.2 Å². The monoisotopic (exact) mass is 246 g/mol. The van der Waals surface area contributed by atoms with Gasteiger partial charge in [0.2, 0.25) is 0 Å². The van der Waals surface area contributed by atoms with Crippen molar-refractivity contribution in [2.45, 2.75) is 51.6 Å². The molecule has 1 fully saturated rings. The zero-order chi connectivity index (χ0) is 13.1. The quantitative estimate of drug-likeness (QED) is 0.880. The van der Waals surface area contributed by atoms with E-state index in [-0.39, 0.29) is 0 Å². The summed E-state index contributed by atoms with van der Waals surface area (Å²) in [7, 11) is 4.33. The van der Waals surface area contributed by atoms with E-state index in [1.165, 1.54) is 42.5 Å². The van der Waals surface area contributed by atoms with Crippen LogP contribution in [0.2, 0.25) is 0 Å². The maximum absolute atomic E-state index is 3.40. The molecule has 0 heterocycles. The predicted octanol–water partition coefficient (Wildman–Crippen LogP) is 3.27. The van der Waals surface area contributed by atoms with Gasteiger partial charge in [0.1, 0.15) is 0 Å². The minimum atomic E-state index is 0.705. The molecule has 0 aliphatic heterocycles. The number of hydrogen-bond donors (Lipinski definition) is 1. The number of benzene rings is 1. The first-order chi connectivity index (χ1) is 8.61. The fraction of sp³-hybridized carbons (Fsp3) is 0.625. The molecule has 1 aliphatic rings. The minimum Gasteiger partial charge on any atom is -0.371 e. The predicted molar refractivity (Wildman–Crippen MR) is 79.4 cm³/mol. The van der Waals surface area contributed by atoms with Gasteiger partial charge in [0.25, 0.3) is 0 Å². The van der Waals surface area contributed by atoms with Crippen molar-refractivity contribution in [3.05, 3.63) is 29.3 Å². The molecule has 1 aromatic rings.